The van der Waals surface area contributed by atoms with Gasteiger partial charge in [0.1, 0.15) is 0 Å². The van der Waals surface area contributed by atoms with Crippen molar-refractivity contribution in [1.82, 2.24) is 9.88 Å². The van der Waals surface area contributed by atoms with Gasteiger partial charge in [-0.1, -0.05) is 32.4 Å². The van der Waals surface area contributed by atoms with E-state index in [4.69, 9.17) is 11.6 Å². The maximum Gasteiger partial charge on any atom is 0.307 e. The molecule has 1 fully saturated rings. The molecule has 0 amide bonds. The van der Waals surface area contributed by atoms with Crippen LogP contribution >= 0.6 is 22.9 Å². The van der Waals surface area contributed by atoms with Crippen LogP contribution in [-0.4, -0.2) is 34.0 Å². The summed E-state index contributed by atoms with van der Waals surface area (Å²) < 4.78 is 0. The fourth-order valence-corrected chi connectivity index (χ4v) is 4.74. The normalized spacial score (nSPS) is 21.4. The summed E-state index contributed by atoms with van der Waals surface area (Å²) in [6, 6.07) is 6.23. The van der Waals surface area contributed by atoms with Gasteiger partial charge in [-0.15, -0.1) is 11.3 Å². The van der Waals surface area contributed by atoms with Crippen molar-refractivity contribution in [3.8, 4) is 10.6 Å². The lowest BCUT2D eigenvalue weighted by atomic mass is 9.73. The largest absolute Gasteiger partial charge is 0.481 e. The monoisotopic (exact) mass is 406 g/mol. The van der Waals surface area contributed by atoms with E-state index in [9.17, 15) is 9.90 Å². The molecule has 2 aromatic heterocycles. The zero-order valence-electron chi connectivity index (χ0n) is 16.3. The van der Waals surface area contributed by atoms with Gasteiger partial charge in [0.15, 0.2) is 0 Å². The summed E-state index contributed by atoms with van der Waals surface area (Å²) in [6.45, 7) is 10.9. The van der Waals surface area contributed by atoms with Gasteiger partial charge < -0.3 is 5.11 Å². The van der Waals surface area contributed by atoms with E-state index in [1.165, 1.54) is 4.88 Å². The minimum Gasteiger partial charge on any atom is -0.481 e. The van der Waals surface area contributed by atoms with Gasteiger partial charge in [0.2, 0.25) is 0 Å². The number of likely N-dealkylation sites (tertiary alicyclic amines) is 1. The SMILES string of the molecule is Cc1cc(-c2ccc(CN3CC(C(=O)O)CC(C(C)(C)C)C3)s2)ncc1Cl. The van der Waals surface area contributed by atoms with Crippen LogP contribution in [0.15, 0.2) is 24.4 Å². The quantitative estimate of drug-likeness (QED) is 0.744. The summed E-state index contributed by atoms with van der Waals surface area (Å²) in [5.41, 5.74) is 2.06. The second-order valence-corrected chi connectivity index (χ2v) is 10.2. The number of carbonyl (C=O) groups is 1. The Labute approximate surface area is 170 Å². The smallest absolute Gasteiger partial charge is 0.307 e. The van der Waals surface area contributed by atoms with Gasteiger partial charge >= 0.3 is 5.97 Å². The molecule has 0 radical (unpaired) electrons. The maximum atomic E-state index is 11.6. The molecule has 1 N–H and O–H groups in total. The van der Waals surface area contributed by atoms with Crippen molar-refractivity contribution >= 4 is 28.9 Å². The molecule has 0 saturated carbocycles. The van der Waals surface area contributed by atoms with Crippen molar-refractivity contribution < 1.29 is 9.90 Å². The summed E-state index contributed by atoms with van der Waals surface area (Å²) >= 11 is 7.80. The lowest BCUT2D eigenvalue weighted by Gasteiger charge is -2.42. The van der Waals surface area contributed by atoms with E-state index in [1.54, 1.807) is 17.5 Å². The van der Waals surface area contributed by atoms with E-state index < -0.39 is 5.97 Å². The summed E-state index contributed by atoms with van der Waals surface area (Å²) in [5.74, 6) is -0.586. The van der Waals surface area contributed by atoms with Gasteiger partial charge in [0.05, 0.1) is 21.5 Å². The molecule has 6 heteroatoms. The molecule has 1 aliphatic heterocycles. The van der Waals surface area contributed by atoms with Crippen LogP contribution in [0.4, 0.5) is 0 Å². The van der Waals surface area contributed by atoms with Crippen molar-refractivity contribution in [3.05, 3.63) is 39.9 Å². The predicted molar refractivity (Wildman–Crippen MR) is 111 cm³/mol. The summed E-state index contributed by atoms with van der Waals surface area (Å²) in [5, 5.41) is 10.2. The number of nitrogens with zero attached hydrogens (tertiary/aromatic N) is 2. The second-order valence-electron chi connectivity index (χ2n) is 8.61. The number of thiophene rings is 1. The number of aryl methyl sites for hydroxylation is 1. The van der Waals surface area contributed by atoms with E-state index in [-0.39, 0.29) is 11.3 Å². The van der Waals surface area contributed by atoms with E-state index >= 15 is 0 Å². The Morgan fingerprint density at radius 2 is 2.11 bits per heavy atom. The van der Waals surface area contributed by atoms with Crippen molar-refractivity contribution in [2.45, 2.75) is 40.7 Å². The zero-order valence-corrected chi connectivity index (χ0v) is 17.9. The van der Waals surface area contributed by atoms with Gasteiger partial charge in [0, 0.05) is 30.7 Å². The van der Waals surface area contributed by atoms with Crippen LogP contribution in [0.2, 0.25) is 5.02 Å². The Morgan fingerprint density at radius 1 is 1.37 bits per heavy atom. The fraction of sp³-hybridized carbons (Fsp3) is 0.524. The highest BCUT2D eigenvalue weighted by atomic mass is 35.5. The maximum absolute atomic E-state index is 11.6. The van der Waals surface area contributed by atoms with Gasteiger partial charge in [-0.3, -0.25) is 14.7 Å². The number of carboxylic acids is 1. The highest BCUT2D eigenvalue weighted by Crippen LogP contribution is 2.37. The highest BCUT2D eigenvalue weighted by Gasteiger charge is 2.37. The number of rotatable bonds is 4. The van der Waals surface area contributed by atoms with Gasteiger partial charge in [-0.2, -0.15) is 0 Å². The number of piperidine rings is 1. The molecule has 146 valence electrons. The molecule has 2 aromatic rings. The van der Waals surface area contributed by atoms with Crippen LogP contribution < -0.4 is 0 Å². The topological polar surface area (TPSA) is 53.4 Å². The first-order valence-electron chi connectivity index (χ1n) is 9.30. The molecule has 2 unspecified atom stereocenters. The molecule has 1 saturated heterocycles. The lowest BCUT2D eigenvalue weighted by molar-refractivity contribution is -0.145. The van der Waals surface area contributed by atoms with Crippen LogP contribution in [-0.2, 0) is 11.3 Å². The summed E-state index contributed by atoms with van der Waals surface area (Å²) in [6.07, 6.45) is 2.46. The third-order valence-electron chi connectivity index (χ3n) is 5.44. The van der Waals surface area contributed by atoms with Crippen LogP contribution in [0.5, 0.6) is 0 Å². The predicted octanol–water partition coefficient (Wildman–Crippen LogP) is 5.34. The molecule has 0 bridgehead atoms. The van der Waals surface area contributed by atoms with Crippen molar-refractivity contribution in [1.29, 1.82) is 0 Å². The van der Waals surface area contributed by atoms with Crippen LogP contribution in [0.3, 0.4) is 0 Å². The average Bonchev–Trinajstić information content (AvgIpc) is 3.04. The van der Waals surface area contributed by atoms with Crippen LogP contribution in [0, 0.1) is 24.2 Å². The Morgan fingerprint density at radius 3 is 2.74 bits per heavy atom. The third kappa shape index (κ3) is 4.89. The van der Waals surface area contributed by atoms with Crippen molar-refractivity contribution in [3.63, 3.8) is 0 Å². The lowest BCUT2D eigenvalue weighted by Crippen LogP contribution is -2.46. The summed E-state index contributed by atoms with van der Waals surface area (Å²) in [4.78, 5) is 20.7. The number of aliphatic carboxylic acids is 1. The Bertz CT molecular complexity index is 828. The van der Waals surface area contributed by atoms with Crippen molar-refractivity contribution in [2.75, 3.05) is 13.1 Å². The Hall–Kier alpha value is -1.43. The first-order valence-corrected chi connectivity index (χ1v) is 10.5. The molecular formula is C21H27ClN2O2S. The van der Waals surface area contributed by atoms with Gasteiger partial charge in [0.25, 0.3) is 0 Å². The third-order valence-corrected chi connectivity index (χ3v) is 6.93. The molecule has 1 aliphatic rings. The molecule has 0 aliphatic carbocycles. The number of halogens is 1. The number of aromatic nitrogens is 1. The van der Waals surface area contributed by atoms with Gasteiger partial charge in [-0.25, -0.2) is 0 Å². The highest BCUT2D eigenvalue weighted by molar-refractivity contribution is 7.15. The van der Waals surface area contributed by atoms with Crippen LogP contribution in [0.1, 0.15) is 37.6 Å². The first kappa shape index (κ1) is 20.3. The van der Waals surface area contributed by atoms with E-state index in [1.807, 2.05) is 13.0 Å². The number of hydrogen-bond donors (Lipinski definition) is 1. The fourth-order valence-electron chi connectivity index (χ4n) is 3.62. The minimum atomic E-state index is -0.679. The zero-order chi connectivity index (χ0) is 19.8. The van der Waals surface area contributed by atoms with Gasteiger partial charge in [-0.05, 0) is 48.4 Å². The second kappa shape index (κ2) is 7.90. The van der Waals surface area contributed by atoms with Crippen LogP contribution in [0.25, 0.3) is 10.6 Å². The average molecular weight is 407 g/mol. The molecule has 0 aromatic carbocycles. The molecule has 27 heavy (non-hydrogen) atoms. The number of hydrogen-bond acceptors (Lipinski definition) is 4. The summed E-state index contributed by atoms with van der Waals surface area (Å²) in [7, 11) is 0. The number of carboxylic acid groups (broad SMARTS) is 1. The molecule has 0 spiro atoms. The van der Waals surface area contributed by atoms with E-state index in [0.717, 1.165) is 35.6 Å². The molecule has 3 heterocycles. The number of pyridine rings is 1. The minimum absolute atomic E-state index is 0.109. The van der Waals surface area contributed by atoms with E-state index in [0.29, 0.717) is 17.5 Å². The Kier molecular flexibility index (Phi) is 5.94. The molecular weight excluding hydrogens is 380 g/mol. The molecule has 4 nitrogen and oxygen atoms in total. The molecule has 3 rings (SSSR count). The Balaban J connectivity index is 1.75. The first-order chi connectivity index (χ1) is 12.6. The molecule has 2 atom stereocenters. The van der Waals surface area contributed by atoms with E-state index in [2.05, 4.69) is 42.8 Å². The standard InChI is InChI=1S/C21H27ClN2O2S/c1-13-7-18(23-9-17(13)22)19-6-5-16(27-19)12-24-10-14(20(25)26)8-15(11-24)21(2,3)4/h5-7,9,14-15H,8,10-12H2,1-4H3,(H,25,26). The van der Waals surface area contributed by atoms with Crippen molar-refractivity contribution in [2.24, 2.45) is 17.3 Å².